The molecular weight excluding hydrogens is 216 g/mol. The molecule has 1 saturated carbocycles. The zero-order valence-electron chi connectivity index (χ0n) is 10.2. The maximum absolute atomic E-state index is 11.9. The molecule has 1 heterocycles. The van der Waals surface area contributed by atoms with Gasteiger partial charge in [0.1, 0.15) is 11.5 Å². The number of nitrogen functional groups attached to an aromatic ring is 1. The Balaban J connectivity index is 1.89. The topological polar surface area (TPSA) is 83.8 Å². The summed E-state index contributed by atoms with van der Waals surface area (Å²) in [4.78, 5) is 11.9. The summed E-state index contributed by atoms with van der Waals surface area (Å²) in [5, 5.41) is 9.39. The van der Waals surface area contributed by atoms with E-state index in [2.05, 4.69) is 22.4 Å². The Hall–Kier alpha value is -1.52. The molecule has 1 fully saturated rings. The Morgan fingerprint density at radius 2 is 2.24 bits per heavy atom. The molecular formula is C12H20N4O. The van der Waals surface area contributed by atoms with E-state index in [9.17, 15) is 4.79 Å². The predicted octanol–water partition coefficient (Wildman–Crippen LogP) is 1.69. The van der Waals surface area contributed by atoms with Gasteiger partial charge in [-0.05, 0) is 25.7 Å². The smallest absolute Gasteiger partial charge is 0.269 e. The lowest BCUT2D eigenvalue weighted by atomic mass is 9.84. The number of amides is 1. The number of nitrogens with zero attached hydrogens (tertiary/aromatic N) is 1. The van der Waals surface area contributed by atoms with Gasteiger partial charge >= 0.3 is 0 Å². The van der Waals surface area contributed by atoms with Crippen LogP contribution in [0.3, 0.4) is 0 Å². The summed E-state index contributed by atoms with van der Waals surface area (Å²) in [6, 6.07) is 1.77. The minimum atomic E-state index is -0.118. The van der Waals surface area contributed by atoms with Gasteiger partial charge in [0.15, 0.2) is 0 Å². The molecule has 17 heavy (non-hydrogen) atoms. The molecule has 1 aromatic rings. The lowest BCUT2D eigenvalue weighted by Gasteiger charge is -2.28. The molecule has 5 nitrogen and oxygen atoms in total. The molecule has 1 aliphatic rings. The van der Waals surface area contributed by atoms with Crippen LogP contribution in [0.5, 0.6) is 0 Å². The number of nitrogens with one attached hydrogen (secondary N) is 2. The van der Waals surface area contributed by atoms with Gasteiger partial charge in [0.25, 0.3) is 5.91 Å². The van der Waals surface area contributed by atoms with Crippen molar-refractivity contribution in [1.29, 1.82) is 0 Å². The third-order valence-electron chi connectivity index (χ3n) is 3.56. The monoisotopic (exact) mass is 236 g/mol. The van der Waals surface area contributed by atoms with Gasteiger partial charge < -0.3 is 11.1 Å². The second kappa shape index (κ2) is 5.21. The molecule has 0 radical (unpaired) electrons. The van der Waals surface area contributed by atoms with Gasteiger partial charge in [0, 0.05) is 12.1 Å². The van der Waals surface area contributed by atoms with Gasteiger partial charge in [0.2, 0.25) is 0 Å². The molecule has 0 saturated heterocycles. The highest BCUT2D eigenvalue weighted by Crippen LogP contribution is 2.26. The number of nitrogens with two attached hydrogens (primary N) is 1. The van der Waals surface area contributed by atoms with Gasteiger partial charge in [0.05, 0.1) is 0 Å². The van der Waals surface area contributed by atoms with E-state index in [1.165, 1.54) is 32.1 Å². The normalized spacial score (nSPS) is 18.9. The maximum atomic E-state index is 11.9. The van der Waals surface area contributed by atoms with E-state index in [0.717, 1.165) is 0 Å². The SMILES string of the molecule is CC(NC(=O)c1cc(N)n[nH]1)C1CCCCC1. The van der Waals surface area contributed by atoms with Crippen LogP contribution in [-0.4, -0.2) is 22.1 Å². The van der Waals surface area contributed by atoms with Crippen molar-refractivity contribution in [2.75, 3.05) is 5.73 Å². The molecule has 1 amide bonds. The molecule has 1 aliphatic carbocycles. The molecule has 4 N–H and O–H groups in total. The predicted molar refractivity (Wildman–Crippen MR) is 66.5 cm³/mol. The Bertz CT molecular complexity index is 382. The van der Waals surface area contributed by atoms with Crippen molar-refractivity contribution in [3.63, 3.8) is 0 Å². The first-order chi connectivity index (χ1) is 8.16. The zero-order valence-corrected chi connectivity index (χ0v) is 10.2. The molecule has 0 bridgehead atoms. The first-order valence-electron chi connectivity index (χ1n) is 6.28. The van der Waals surface area contributed by atoms with Crippen molar-refractivity contribution in [3.05, 3.63) is 11.8 Å². The van der Waals surface area contributed by atoms with E-state index in [1.54, 1.807) is 6.07 Å². The standard InChI is InChI=1S/C12H20N4O/c1-8(9-5-3-2-4-6-9)14-12(17)10-7-11(13)16-15-10/h7-9H,2-6H2,1H3,(H,14,17)(H3,13,15,16). The summed E-state index contributed by atoms with van der Waals surface area (Å²) < 4.78 is 0. The van der Waals surface area contributed by atoms with E-state index in [-0.39, 0.29) is 11.9 Å². The molecule has 1 atom stereocenters. The van der Waals surface area contributed by atoms with Crippen molar-refractivity contribution in [1.82, 2.24) is 15.5 Å². The summed E-state index contributed by atoms with van der Waals surface area (Å²) in [6.07, 6.45) is 6.32. The molecule has 0 aliphatic heterocycles. The summed E-state index contributed by atoms with van der Waals surface area (Å²) in [6.45, 7) is 2.08. The Kier molecular flexibility index (Phi) is 3.66. The summed E-state index contributed by atoms with van der Waals surface area (Å²) >= 11 is 0. The second-order valence-electron chi connectivity index (χ2n) is 4.87. The van der Waals surface area contributed by atoms with Gasteiger partial charge in [-0.25, -0.2) is 0 Å². The van der Waals surface area contributed by atoms with Crippen molar-refractivity contribution in [2.24, 2.45) is 5.92 Å². The van der Waals surface area contributed by atoms with Crippen LogP contribution in [0.25, 0.3) is 0 Å². The van der Waals surface area contributed by atoms with Crippen LogP contribution in [0.2, 0.25) is 0 Å². The van der Waals surface area contributed by atoms with Crippen LogP contribution in [0.15, 0.2) is 6.07 Å². The fourth-order valence-corrected chi connectivity index (χ4v) is 2.49. The van der Waals surface area contributed by atoms with Crippen LogP contribution in [0.4, 0.5) is 5.82 Å². The number of anilines is 1. The largest absolute Gasteiger partial charge is 0.382 e. The zero-order chi connectivity index (χ0) is 12.3. The molecule has 1 aromatic heterocycles. The third kappa shape index (κ3) is 2.99. The van der Waals surface area contributed by atoms with Gasteiger partial charge in [-0.15, -0.1) is 0 Å². The number of rotatable bonds is 3. The van der Waals surface area contributed by atoms with E-state index in [1.807, 2.05) is 0 Å². The van der Waals surface area contributed by atoms with Crippen LogP contribution in [0.1, 0.15) is 49.5 Å². The molecule has 1 unspecified atom stereocenters. The number of H-pyrrole nitrogens is 1. The lowest BCUT2D eigenvalue weighted by Crippen LogP contribution is -2.39. The van der Waals surface area contributed by atoms with E-state index in [0.29, 0.717) is 17.4 Å². The van der Waals surface area contributed by atoms with Crippen LogP contribution in [-0.2, 0) is 0 Å². The Morgan fingerprint density at radius 1 is 1.53 bits per heavy atom. The van der Waals surface area contributed by atoms with Crippen molar-refractivity contribution in [2.45, 2.75) is 45.1 Å². The highest BCUT2D eigenvalue weighted by Gasteiger charge is 2.22. The maximum Gasteiger partial charge on any atom is 0.269 e. The van der Waals surface area contributed by atoms with Crippen molar-refractivity contribution < 1.29 is 4.79 Å². The van der Waals surface area contributed by atoms with Crippen LogP contribution >= 0.6 is 0 Å². The number of aromatic nitrogens is 2. The average molecular weight is 236 g/mol. The fraction of sp³-hybridized carbons (Fsp3) is 0.667. The average Bonchev–Trinajstić information content (AvgIpc) is 2.77. The summed E-state index contributed by atoms with van der Waals surface area (Å²) in [5.74, 6) is 0.834. The van der Waals surface area contributed by atoms with E-state index < -0.39 is 0 Å². The Morgan fingerprint density at radius 3 is 2.82 bits per heavy atom. The first-order valence-corrected chi connectivity index (χ1v) is 6.28. The molecule has 0 spiro atoms. The highest BCUT2D eigenvalue weighted by atomic mass is 16.2. The minimum Gasteiger partial charge on any atom is -0.382 e. The highest BCUT2D eigenvalue weighted by molar-refractivity contribution is 5.93. The number of hydrogen-bond donors (Lipinski definition) is 3. The number of carbonyl (C=O) groups excluding carboxylic acids is 1. The summed E-state index contributed by atoms with van der Waals surface area (Å²) in [7, 11) is 0. The molecule has 5 heteroatoms. The van der Waals surface area contributed by atoms with E-state index >= 15 is 0 Å². The van der Waals surface area contributed by atoms with Crippen LogP contribution < -0.4 is 11.1 Å². The molecule has 2 rings (SSSR count). The second-order valence-corrected chi connectivity index (χ2v) is 4.87. The number of hydrogen-bond acceptors (Lipinski definition) is 3. The number of aromatic amines is 1. The fourth-order valence-electron chi connectivity index (χ4n) is 2.49. The van der Waals surface area contributed by atoms with Crippen molar-refractivity contribution >= 4 is 11.7 Å². The van der Waals surface area contributed by atoms with Gasteiger partial charge in [-0.2, -0.15) is 5.10 Å². The molecule has 0 aromatic carbocycles. The van der Waals surface area contributed by atoms with Crippen molar-refractivity contribution in [3.8, 4) is 0 Å². The lowest BCUT2D eigenvalue weighted by molar-refractivity contribution is 0.0914. The van der Waals surface area contributed by atoms with Gasteiger partial charge in [-0.1, -0.05) is 19.3 Å². The first kappa shape index (κ1) is 12.0. The Labute approximate surface area is 101 Å². The quantitative estimate of drug-likeness (QED) is 0.746. The number of carbonyl (C=O) groups is 1. The van der Waals surface area contributed by atoms with E-state index in [4.69, 9.17) is 5.73 Å². The summed E-state index contributed by atoms with van der Waals surface area (Å²) in [5.41, 5.74) is 5.90. The van der Waals surface area contributed by atoms with Gasteiger partial charge in [-0.3, -0.25) is 9.89 Å². The molecule has 94 valence electrons. The van der Waals surface area contributed by atoms with Crippen LogP contribution in [0, 0.1) is 5.92 Å². The third-order valence-corrected chi connectivity index (χ3v) is 3.56. The minimum absolute atomic E-state index is 0.118.